The number of phenolic OH excluding ortho intramolecular Hbond substituents is 1. The maximum absolute atomic E-state index is 9.44. The number of nitrogens with one attached hydrogen (secondary N) is 1. The van der Waals surface area contributed by atoms with Crippen molar-refractivity contribution in [2.75, 3.05) is 33.8 Å². The predicted molar refractivity (Wildman–Crippen MR) is 132 cm³/mol. The molecule has 0 aliphatic carbocycles. The third-order valence-corrected chi connectivity index (χ3v) is 5.06. The fourth-order valence-electron chi connectivity index (χ4n) is 3.30. The van der Waals surface area contributed by atoms with E-state index < -0.39 is 0 Å². The molecule has 0 aromatic heterocycles. The van der Waals surface area contributed by atoms with Crippen LogP contribution in [0.2, 0.25) is 0 Å². The Labute approximate surface area is 194 Å². The molecule has 33 heavy (non-hydrogen) atoms. The summed E-state index contributed by atoms with van der Waals surface area (Å²) < 4.78 is 21.7. The lowest BCUT2D eigenvalue weighted by atomic mass is 10.1. The molecule has 0 saturated heterocycles. The molecule has 1 atom stereocenters. The molecule has 1 unspecified atom stereocenters. The molecule has 3 aromatic rings. The second-order valence-corrected chi connectivity index (χ2v) is 7.17. The SMILES string of the molecule is COc1cc(/C=C\c2ccc(N/C=C\C(OC)c3ccc(O)cc3)cc2)cc(OC)c1OC. The van der Waals surface area contributed by atoms with Crippen molar-refractivity contribution in [3.63, 3.8) is 0 Å². The van der Waals surface area contributed by atoms with Crippen molar-refractivity contribution in [3.05, 3.63) is 89.6 Å². The molecule has 6 heteroatoms. The zero-order chi connectivity index (χ0) is 23.6. The summed E-state index contributed by atoms with van der Waals surface area (Å²) in [6.45, 7) is 0. The Balaban J connectivity index is 1.65. The van der Waals surface area contributed by atoms with Crippen LogP contribution in [0.1, 0.15) is 22.8 Å². The summed E-state index contributed by atoms with van der Waals surface area (Å²) >= 11 is 0. The lowest BCUT2D eigenvalue weighted by molar-refractivity contribution is 0.142. The quantitative estimate of drug-likeness (QED) is 0.377. The van der Waals surface area contributed by atoms with E-state index in [-0.39, 0.29) is 11.9 Å². The van der Waals surface area contributed by atoms with Gasteiger partial charge in [0, 0.05) is 12.8 Å². The number of anilines is 1. The van der Waals surface area contributed by atoms with Gasteiger partial charge in [0.2, 0.25) is 5.75 Å². The smallest absolute Gasteiger partial charge is 0.203 e. The monoisotopic (exact) mass is 447 g/mol. The first-order chi connectivity index (χ1) is 16.1. The van der Waals surface area contributed by atoms with E-state index in [0.717, 1.165) is 22.4 Å². The van der Waals surface area contributed by atoms with Gasteiger partial charge in [-0.05, 0) is 65.4 Å². The average molecular weight is 448 g/mol. The summed E-state index contributed by atoms with van der Waals surface area (Å²) in [5.74, 6) is 2.03. The van der Waals surface area contributed by atoms with Crippen LogP contribution in [-0.4, -0.2) is 33.5 Å². The Morgan fingerprint density at radius 2 is 1.36 bits per heavy atom. The maximum atomic E-state index is 9.44. The lowest BCUT2D eigenvalue weighted by Crippen LogP contribution is -1.98. The van der Waals surface area contributed by atoms with Gasteiger partial charge in [-0.15, -0.1) is 0 Å². The van der Waals surface area contributed by atoms with Crippen LogP contribution in [0.3, 0.4) is 0 Å². The minimum absolute atomic E-state index is 0.209. The molecule has 172 valence electrons. The van der Waals surface area contributed by atoms with E-state index in [0.29, 0.717) is 17.2 Å². The Hall–Kier alpha value is -3.90. The molecule has 0 heterocycles. The molecule has 0 aliphatic heterocycles. The van der Waals surface area contributed by atoms with Crippen molar-refractivity contribution in [2.45, 2.75) is 6.10 Å². The number of ether oxygens (including phenoxy) is 4. The van der Waals surface area contributed by atoms with Crippen molar-refractivity contribution < 1.29 is 24.1 Å². The summed E-state index contributed by atoms with van der Waals surface area (Å²) in [5.41, 5.74) is 3.91. The fourth-order valence-corrected chi connectivity index (χ4v) is 3.30. The molecule has 0 saturated carbocycles. The van der Waals surface area contributed by atoms with E-state index in [2.05, 4.69) is 5.32 Å². The predicted octanol–water partition coefficient (Wildman–Crippen LogP) is 5.90. The van der Waals surface area contributed by atoms with E-state index in [1.807, 2.05) is 73.0 Å². The van der Waals surface area contributed by atoms with Gasteiger partial charge in [0.1, 0.15) is 11.9 Å². The van der Waals surface area contributed by atoms with Gasteiger partial charge in [-0.1, -0.05) is 36.4 Å². The third kappa shape index (κ3) is 6.30. The van der Waals surface area contributed by atoms with Crippen LogP contribution in [0.15, 0.2) is 72.9 Å². The highest BCUT2D eigenvalue weighted by Crippen LogP contribution is 2.38. The van der Waals surface area contributed by atoms with Gasteiger partial charge >= 0.3 is 0 Å². The third-order valence-electron chi connectivity index (χ3n) is 5.06. The van der Waals surface area contributed by atoms with Crippen LogP contribution in [0, 0.1) is 0 Å². The van der Waals surface area contributed by atoms with E-state index in [4.69, 9.17) is 18.9 Å². The number of aromatic hydroxyl groups is 1. The summed E-state index contributed by atoms with van der Waals surface area (Å²) in [7, 11) is 6.44. The molecule has 0 amide bonds. The van der Waals surface area contributed by atoms with Crippen LogP contribution in [0.5, 0.6) is 23.0 Å². The van der Waals surface area contributed by atoms with Crippen molar-refractivity contribution in [3.8, 4) is 23.0 Å². The first kappa shape index (κ1) is 23.8. The van der Waals surface area contributed by atoms with Crippen LogP contribution < -0.4 is 19.5 Å². The summed E-state index contributed by atoms with van der Waals surface area (Å²) in [4.78, 5) is 0. The first-order valence-electron chi connectivity index (χ1n) is 10.4. The van der Waals surface area contributed by atoms with Crippen molar-refractivity contribution in [1.29, 1.82) is 0 Å². The maximum Gasteiger partial charge on any atom is 0.203 e. The normalized spacial score (nSPS) is 12.1. The van der Waals surface area contributed by atoms with E-state index in [1.165, 1.54) is 0 Å². The number of hydrogen-bond acceptors (Lipinski definition) is 6. The van der Waals surface area contributed by atoms with Crippen LogP contribution >= 0.6 is 0 Å². The van der Waals surface area contributed by atoms with Crippen LogP contribution in [-0.2, 0) is 4.74 Å². The van der Waals surface area contributed by atoms with Gasteiger partial charge in [-0.3, -0.25) is 0 Å². The molecular weight excluding hydrogens is 418 g/mol. The highest BCUT2D eigenvalue weighted by Gasteiger charge is 2.12. The van der Waals surface area contributed by atoms with Gasteiger partial charge in [0.05, 0.1) is 21.3 Å². The molecular formula is C27H29NO5. The zero-order valence-electron chi connectivity index (χ0n) is 19.2. The molecule has 0 fully saturated rings. The molecule has 3 rings (SSSR count). The summed E-state index contributed by atoms with van der Waals surface area (Å²) in [6.07, 6.45) is 7.57. The van der Waals surface area contributed by atoms with Gasteiger partial charge < -0.3 is 29.4 Å². The Kier molecular flexibility index (Phi) is 8.38. The molecule has 0 bridgehead atoms. The molecule has 6 nitrogen and oxygen atoms in total. The van der Waals surface area contributed by atoms with Gasteiger partial charge in [-0.25, -0.2) is 0 Å². The standard InChI is InChI=1S/C27H29NO5/c1-30-24(21-9-13-23(29)14-10-21)15-16-28-22-11-7-19(8-12-22)5-6-20-17-25(31-2)27(33-4)26(18-20)32-3/h5-18,24,28-29H,1-4H3/b6-5-,16-15-. The Morgan fingerprint density at radius 1 is 0.758 bits per heavy atom. The zero-order valence-corrected chi connectivity index (χ0v) is 19.2. The average Bonchev–Trinajstić information content (AvgIpc) is 2.86. The minimum atomic E-state index is -0.209. The van der Waals surface area contributed by atoms with Crippen molar-refractivity contribution in [1.82, 2.24) is 0 Å². The second kappa shape index (κ2) is 11.6. The lowest BCUT2D eigenvalue weighted by Gasteiger charge is -2.12. The molecule has 2 N–H and O–H groups in total. The molecule has 0 radical (unpaired) electrons. The second-order valence-electron chi connectivity index (χ2n) is 7.17. The van der Waals surface area contributed by atoms with E-state index >= 15 is 0 Å². The van der Waals surface area contributed by atoms with Gasteiger partial charge in [-0.2, -0.15) is 0 Å². The minimum Gasteiger partial charge on any atom is -0.508 e. The molecule has 3 aromatic carbocycles. The number of benzene rings is 3. The Bertz CT molecular complexity index is 1060. The van der Waals surface area contributed by atoms with Crippen LogP contribution in [0.4, 0.5) is 5.69 Å². The number of phenols is 1. The largest absolute Gasteiger partial charge is 0.508 e. The van der Waals surface area contributed by atoms with E-state index in [1.54, 1.807) is 40.6 Å². The Morgan fingerprint density at radius 3 is 1.91 bits per heavy atom. The van der Waals surface area contributed by atoms with Crippen LogP contribution in [0.25, 0.3) is 12.2 Å². The first-order valence-corrected chi connectivity index (χ1v) is 10.4. The molecule has 0 spiro atoms. The van der Waals surface area contributed by atoms with Gasteiger partial charge in [0.25, 0.3) is 0 Å². The summed E-state index contributed by atoms with van der Waals surface area (Å²) in [6, 6.07) is 18.8. The highest BCUT2D eigenvalue weighted by molar-refractivity contribution is 5.73. The number of methoxy groups -OCH3 is 4. The fraction of sp³-hybridized carbons (Fsp3) is 0.185. The van der Waals surface area contributed by atoms with Crippen molar-refractivity contribution >= 4 is 17.8 Å². The van der Waals surface area contributed by atoms with Crippen molar-refractivity contribution in [2.24, 2.45) is 0 Å². The summed E-state index contributed by atoms with van der Waals surface area (Å²) in [5, 5.41) is 12.7. The number of hydrogen-bond donors (Lipinski definition) is 2. The van der Waals surface area contributed by atoms with E-state index in [9.17, 15) is 5.11 Å². The topological polar surface area (TPSA) is 69.2 Å². The molecule has 0 aliphatic rings. The number of rotatable bonds is 10. The van der Waals surface area contributed by atoms with Gasteiger partial charge in [0.15, 0.2) is 11.5 Å². The highest BCUT2D eigenvalue weighted by atomic mass is 16.5.